The van der Waals surface area contributed by atoms with Crippen molar-refractivity contribution in [2.75, 3.05) is 19.8 Å². The fraction of sp³-hybridized carbons (Fsp3) is 0.389. The van der Waals surface area contributed by atoms with E-state index in [9.17, 15) is 13.6 Å². The molecular weight excluding hydrogens is 428 g/mol. The molecule has 3 rings (SSSR count). The van der Waals surface area contributed by atoms with Crippen molar-refractivity contribution in [3.63, 3.8) is 0 Å². The fourth-order valence-electron chi connectivity index (χ4n) is 3.11. The summed E-state index contributed by atoms with van der Waals surface area (Å²) in [6.45, 7) is -1.32. The Hall–Kier alpha value is -1.51. The molecule has 0 saturated carbocycles. The van der Waals surface area contributed by atoms with E-state index in [4.69, 9.17) is 4.74 Å². The number of carbonyl (C=O) groups excluding carboxylic acids is 1. The lowest BCUT2D eigenvalue weighted by Gasteiger charge is -2.38. The number of amides is 1. The van der Waals surface area contributed by atoms with Crippen molar-refractivity contribution in [3.8, 4) is 5.75 Å². The van der Waals surface area contributed by atoms with Crippen molar-refractivity contribution in [1.82, 2.24) is 5.32 Å². The summed E-state index contributed by atoms with van der Waals surface area (Å²) >= 11 is 4.52. The van der Waals surface area contributed by atoms with Crippen LogP contribution in [0.25, 0.3) is 0 Å². The van der Waals surface area contributed by atoms with Crippen LogP contribution in [-0.2, 0) is 10.2 Å². The van der Waals surface area contributed by atoms with Crippen LogP contribution in [0.3, 0.4) is 0 Å². The van der Waals surface area contributed by atoms with E-state index in [0.29, 0.717) is 19.8 Å². The lowest BCUT2D eigenvalue weighted by atomic mass is 9.74. The summed E-state index contributed by atoms with van der Waals surface area (Å²) in [5, 5.41) is 4.46. The Labute approximate surface area is 162 Å². The molecule has 2 heterocycles. The maximum Gasteiger partial charge on any atom is 0.387 e. The Balaban J connectivity index is 1.75. The van der Waals surface area contributed by atoms with Gasteiger partial charge in [-0.3, -0.25) is 4.79 Å². The molecule has 0 unspecified atom stereocenters. The highest BCUT2D eigenvalue weighted by atomic mass is 79.9. The number of hydrogen-bond donors (Lipinski definition) is 1. The predicted molar refractivity (Wildman–Crippen MR) is 99.2 cm³/mol. The molecule has 0 atom stereocenters. The maximum atomic E-state index is 12.5. The number of hydrogen-bond acceptors (Lipinski definition) is 4. The molecule has 1 aliphatic heterocycles. The molecule has 4 nitrogen and oxygen atoms in total. The molecule has 26 heavy (non-hydrogen) atoms. The molecule has 2 aromatic rings. The summed E-state index contributed by atoms with van der Waals surface area (Å²) in [4.78, 5) is 12.7. The van der Waals surface area contributed by atoms with Gasteiger partial charge in [-0.25, -0.2) is 0 Å². The number of thiophene rings is 1. The number of carbonyl (C=O) groups is 1. The molecule has 0 aliphatic carbocycles. The second-order valence-corrected chi connectivity index (χ2v) is 7.91. The van der Waals surface area contributed by atoms with Gasteiger partial charge in [-0.15, -0.1) is 11.3 Å². The fourth-order valence-corrected chi connectivity index (χ4v) is 4.12. The number of alkyl halides is 2. The molecule has 1 fully saturated rings. The molecule has 1 aliphatic rings. The Morgan fingerprint density at radius 2 is 1.96 bits per heavy atom. The average molecular weight is 446 g/mol. The van der Waals surface area contributed by atoms with Crippen LogP contribution < -0.4 is 10.1 Å². The zero-order valence-electron chi connectivity index (χ0n) is 13.8. The number of benzene rings is 1. The second-order valence-electron chi connectivity index (χ2n) is 6.07. The molecule has 140 valence electrons. The summed E-state index contributed by atoms with van der Waals surface area (Å²) in [5.41, 5.74) is 0.884. The molecule has 1 saturated heterocycles. The topological polar surface area (TPSA) is 47.6 Å². The Morgan fingerprint density at radius 1 is 1.27 bits per heavy atom. The van der Waals surface area contributed by atoms with Crippen LogP contribution in [0.5, 0.6) is 5.75 Å². The van der Waals surface area contributed by atoms with Crippen LogP contribution in [0.4, 0.5) is 8.78 Å². The van der Waals surface area contributed by atoms with Gasteiger partial charge in [-0.2, -0.15) is 8.78 Å². The average Bonchev–Trinajstić information content (AvgIpc) is 3.08. The van der Waals surface area contributed by atoms with Gasteiger partial charge in [0.25, 0.3) is 5.91 Å². The number of nitrogens with one attached hydrogen (secondary N) is 1. The van der Waals surface area contributed by atoms with Gasteiger partial charge in [0.2, 0.25) is 0 Å². The number of ether oxygens (including phenoxy) is 2. The Bertz CT molecular complexity index is 745. The van der Waals surface area contributed by atoms with Gasteiger partial charge in [-0.1, -0.05) is 28.1 Å². The van der Waals surface area contributed by atoms with E-state index >= 15 is 0 Å². The zero-order valence-corrected chi connectivity index (χ0v) is 16.2. The van der Waals surface area contributed by atoms with Crippen molar-refractivity contribution < 1.29 is 23.0 Å². The van der Waals surface area contributed by atoms with E-state index in [0.717, 1.165) is 34.2 Å². The first-order valence-electron chi connectivity index (χ1n) is 8.14. The molecule has 0 spiro atoms. The van der Waals surface area contributed by atoms with Crippen LogP contribution in [0.2, 0.25) is 0 Å². The summed E-state index contributed by atoms with van der Waals surface area (Å²) in [6, 6.07) is 9.41. The molecule has 0 bridgehead atoms. The first kappa shape index (κ1) is 19.3. The van der Waals surface area contributed by atoms with E-state index in [1.807, 2.05) is 24.3 Å². The highest BCUT2D eigenvalue weighted by Gasteiger charge is 2.35. The smallest absolute Gasteiger partial charge is 0.387 e. The molecule has 1 amide bonds. The predicted octanol–water partition coefficient (Wildman–Crippen LogP) is 4.59. The molecule has 1 N–H and O–H groups in total. The van der Waals surface area contributed by atoms with E-state index in [1.54, 1.807) is 5.38 Å². The number of halogens is 3. The zero-order chi connectivity index (χ0) is 18.6. The van der Waals surface area contributed by atoms with Gasteiger partial charge in [0.1, 0.15) is 10.6 Å². The van der Waals surface area contributed by atoms with Gasteiger partial charge in [0.15, 0.2) is 0 Å². The molecule has 8 heteroatoms. The van der Waals surface area contributed by atoms with E-state index in [1.165, 1.54) is 6.07 Å². The third kappa shape index (κ3) is 4.42. The summed E-state index contributed by atoms with van der Waals surface area (Å²) in [5.74, 6) is -0.495. The summed E-state index contributed by atoms with van der Waals surface area (Å²) in [7, 11) is 0. The molecular formula is C18H18BrF2NO3S. The van der Waals surface area contributed by atoms with Gasteiger partial charge in [0, 0.05) is 29.6 Å². The van der Waals surface area contributed by atoms with Crippen LogP contribution in [0.1, 0.15) is 28.1 Å². The lowest BCUT2D eigenvalue weighted by molar-refractivity contribution is -0.0498. The summed E-state index contributed by atoms with van der Waals surface area (Å²) < 4.78 is 35.8. The second kappa shape index (κ2) is 8.45. The minimum absolute atomic E-state index is 0.0906. The Morgan fingerprint density at radius 3 is 2.62 bits per heavy atom. The standard InChI is InChI=1S/C18H18BrF2NO3S/c19-13-3-1-12(2-4-13)18(6-8-24-9-7-18)11-22-16(23)15-14(5-10-26-15)25-17(20)21/h1-5,10,17H,6-9,11H2,(H,22,23). The molecule has 0 radical (unpaired) electrons. The first-order valence-corrected chi connectivity index (χ1v) is 9.82. The minimum Gasteiger partial charge on any atom is -0.433 e. The van der Waals surface area contributed by atoms with Crippen molar-refractivity contribution in [1.29, 1.82) is 0 Å². The quantitative estimate of drug-likeness (QED) is 0.706. The SMILES string of the molecule is O=C(NCC1(c2ccc(Br)cc2)CCOCC1)c1sccc1OC(F)F. The number of rotatable bonds is 6. The monoisotopic (exact) mass is 445 g/mol. The van der Waals surface area contributed by atoms with E-state index in [-0.39, 0.29) is 16.0 Å². The van der Waals surface area contributed by atoms with Crippen molar-refractivity contribution in [3.05, 3.63) is 50.6 Å². The maximum absolute atomic E-state index is 12.5. The Kier molecular flexibility index (Phi) is 6.26. The van der Waals surface area contributed by atoms with Crippen LogP contribution >= 0.6 is 27.3 Å². The largest absolute Gasteiger partial charge is 0.433 e. The van der Waals surface area contributed by atoms with Crippen LogP contribution in [0, 0.1) is 0 Å². The third-order valence-electron chi connectivity index (χ3n) is 4.55. The van der Waals surface area contributed by atoms with Crippen molar-refractivity contribution >= 4 is 33.2 Å². The van der Waals surface area contributed by atoms with Crippen LogP contribution in [0.15, 0.2) is 40.2 Å². The third-order valence-corrected chi connectivity index (χ3v) is 5.97. The lowest BCUT2D eigenvalue weighted by Crippen LogP contribution is -2.44. The van der Waals surface area contributed by atoms with Crippen LogP contribution in [-0.4, -0.2) is 32.3 Å². The molecule has 1 aromatic heterocycles. The molecule has 1 aromatic carbocycles. The highest BCUT2D eigenvalue weighted by Crippen LogP contribution is 2.35. The van der Waals surface area contributed by atoms with E-state index < -0.39 is 12.5 Å². The normalized spacial score (nSPS) is 16.5. The minimum atomic E-state index is -2.96. The van der Waals surface area contributed by atoms with E-state index in [2.05, 4.69) is 26.0 Å². The van der Waals surface area contributed by atoms with Gasteiger partial charge in [0.05, 0.1) is 0 Å². The van der Waals surface area contributed by atoms with Crippen molar-refractivity contribution in [2.45, 2.75) is 24.9 Å². The highest BCUT2D eigenvalue weighted by molar-refractivity contribution is 9.10. The van der Waals surface area contributed by atoms with Gasteiger partial charge in [-0.05, 0) is 42.0 Å². The first-order chi connectivity index (χ1) is 12.5. The van der Waals surface area contributed by atoms with Gasteiger partial charge < -0.3 is 14.8 Å². The summed E-state index contributed by atoms with van der Waals surface area (Å²) in [6.07, 6.45) is 1.56. The van der Waals surface area contributed by atoms with Gasteiger partial charge >= 0.3 is 6.61 Å². The van der Waals surface area contributed by atoms with Crippen molar-refractivity contribution in [2.24, 2.45) is 0 Å².